The van der Waals surface area contributed by atoms with Crippen molar-refractivity contribution in [1.82, 2.24) is 19.7 Å². The summed E-state index contributed by atoms with van der Waals surface area (Å²) >= 11 is 0. The lowest BCUT2D eigenvalue weighted by molar-refractivity contribution is 0.201. The van der Waals surface area contributed by atoms with Crippen LogP contribution in [0, 0.1) is 6.92 Å². The summed E-state index contributed by atoms with van der Waals surface area (Å²) in [5.41, 5.74) is 0.743. The molecule has 0 unspecified atom stereocenters. The van der Waals surface area contributed by atoms with Crippen LogP contribution in [-0.2, 0) is 14.8 Å². The normalized spacial score (nSPS) is 11.3. The minimum atomic E-state index is -4.11. The van der Waals surface area contributed by atoms with Crippen LogP contribution < -0.4 is 9.04 Å². The number of anilines is 1. The Bertz CT molecular complexity index is 924. The van der Waals surface area contributed by atoms with Gasteiger partial charge in [-0.1, -0.05) is 6.07 Å². The fourth-order valence-electron chi connectivity index (χ4n) is 2.56. The number of carbonyl (C=O) groups is 1. The molecule has 1 aromatic carbocycles. The lowest BCUT2D eigenvalue weighted by atomic mass is 10.2. The van der Waals surface area contributed by atoms with E-state index in [1.807, 2.05) is 13.8 Å². The molecule has 154 valence electrons. The molecule has 10 nitrogen and oxygen atoms in total. The lowest BCUT2D eigenvalue weighted by Gasteiger charge is -2.21. The third-order valence-electron chi connectivity index (χ3n) is 4.07. The number of carbonyl (C=O) groups excluding carboxylic acids is 1. The van der Waals surface area contributed by atoms with Crippen LogP contribution in [0.3, 0.4) is 0 Å². The van der Waals surface area contributed by atoms with E-state index < -0.39 is 16.1 Å². The number of hydrogen-bond acceptors (Lipinski definition) is 7. The molecule has 1 heterocycles. The molecule has 0 spiro atoms. The van der Waals surface area contributed by atoms with Crippen LogP contribution in [-0.4, -0.2) is 68.2 Å². The van der Waals surface area contributed by atoms with E-state index in [-0.39, 0.29) is 23.3 Å². The van der Waals surface area contributed by atoms with E-state index in [1.165, 1.54) is 31.5 Å². The first-order valence-electron chi connectivity index (χ1n) is 8.67. The fourth-order valence-corrected chi connectivity index (χ4v) is 4.08. The number of aryl methyl sites for hydroxylation is 1. The zero-order valence-electron chi connectivity index (χ0n) is 16.6. The standard InChI is InChI=1S/C17H25N5O5S/c1-6-20(7-2)17(23)21-11-18-16(19-21)22(12-26-4)28(24,25)15-10-13(3)8-9-14(15)27-5/h8-11H,6-7,12H2,1-5H3. The van der Waals surface area contributed by atoms with Crippen molar-refractivity contribution in [2.24, 2.45) is 0 Å². The summed E-state index contributed by atoms with van der Waals surface area (Å²) in [6.45, 7) is 6.10. The van der Waals surface area contributed by atoms with Crippen LogP contribution in [0.1, 0.15) is 19.4 Å². The molecule has 0 fully saturated rings. The van der Waals surface area contributed by atoms with E-state index in [2.05, 4.69) is 10.1 Å². The smallest absolute Gasteiger partial charge is 0.346 e. The molecule has 0 aliphatic rings. The van der Waals surface area contributed by atoms with E-state index in [4.69, 9.17) is 9.47 Å². The summed E-state index contributed by atoms with van der Waals surface area (Å²) in [7, 11) is -1.36. The van der Waals surface area contributed by atoms with Gasteiger partial charge in [0.25, 0.3) is 16.0 Å². The molecular formula is C17H25N5O5S. The first kappa shape index (κ1) is 21.6. The Kier molecular flexibility index (Phi) is 6.97. The van der Waals surface area contributed by atoms with Gasteiger partial charge in [-0.05, 0) is 38.5 Å². The van der Waals surface area contributed by atoms with Gasteiger partial charge >= 0.3 is 6.03 Å². The quantitative estimate of drug-likeness (QED) is 0.609. The molecule has 0 saturated carbocycles. The molecule has 1 amide bonds. The second-order valence-corrected chi connectivity index (χ2v) is 7.70. The Morgan fingerprint density at radius 3 is 2.46 bits per heavy atom. The van der Waals surface area contributed by atoms with Crippen molar-refractivity contribution in [1.29, 1.82) is 0 Å². The molecule has 0 atom stereocenters. The summed E-state index contributed by atoms with van der Waals surface area (Å²) in [6.07, 6.45) is 1.18. The monoisotopic (exact) mass is 411 g/mol. The average molecular weight is 411 g/mol. The second kappa shape index (κ2) is 9.02. The molecule has 0 bridgehead atoms. The summed E-state index contributed by atoms with van der Waals surface area (Å²) < 4.78 is 38.7. The van der Waals surface area contributed by atoms with Crippen LogP contribution in [0.2, 0.25) is 0 Å². The predicted molar refractivity (Wildman–Crippen MR) is 103 cm³/mol. The van der Waals surface area contributed by atoms with Gasteiger partial charge in [-0.25, -0.2) is 17.5 Å². The van der Waals surface area contributed by atoms with Crippen LogP contribution in [0.25, 0.3) is 0 Å². The van der Waals surface area contributed by atoms with E-state index in [0.29, 0.717) is 13.1 Å². The average Bonchev–Trinajstić information content (AvgIpc) is 3.16. The zero-order valence-corrected chi connectivity index (χ0v) is 17.4. The van der Waals surface area contributed by atoms with Crippen LogP contribution in [0.15, 0.2) is 29.4 Å². The Morgan fingerprint density at radius 2 is 1.89 bits per heavy atom. The van der Waals surface area contributed by atoms with Crippen molar-refractivity contribution in [3.8, 4) is 5.75 Å². The number of hydrogen-bond donors (Lipinski definition) is 0. The molecular weight excluding hydrogens is 386 g/mol. The summed E-state index contributed by atoms with van der Waals surface area (Å²) in [6, 6.07) is 4.42. The number of nitrogens with zero attached hydrogens (tertiary/aromatic N) is 5. The molecule has 11 heteroatoms. The third kappa shape index (κ3) is 4.25. The SMILES string of the molecule is CCN(CC)C(=O)n1cnc(N(COC)S(=O)(=O)c2cc(C)ccc2OC)n1. The fraction of sp³-hybridized carbons (Fsp3) is 0.471. The maximum absolute atomic E-state index is 13.3. The van der Waals surface area contributed by atoms with Gasteiger partial charge in [-0.2, -0.15) is 9.67 Å². The Hall–Kier alpha value is -2.66. The van der Waals surface area contributed by atoms with Gasteiger partial charge in [-0.3, -0.25) is 0 Å². The molecule has 28 heavy (non-hydrogen) atoms. The summed E-state index contributed by atoms with van der Waals surface area (Å²) in [4.78, 5) is 17.9. The highest BCUT2D eigenvalue weighted by molar-refractivity contribution is 7.93. The first-order valence-corrected chi connectivity index (χ1v) is 10.1. The molecule has 0 aliphatic carbocycles. The van der Waals surface area contributed by atoms with Crippen molar-refractivity contribution in [3.63, 3.8) is 0 Å². The van der Waals surface area contributed by atoms with E-state index in [0.717, 1.165) is 14.6 Å². The first-order chi connectivity index (χ1) is 13.3. The molecule has 2 rings (SSSR count). The summed E-state index contributed by atoms with van der Waals surface area (Å²) in [5, 5.41) is 4.06. The molecule has 2 aromatic rings. The maximum Gasteiger partial charge on any atom is 0.346 e. The third-order valence-corrected chi connectivity index (χ3v) is 5.79. The molecule has 0 radical (unpaired) electrons. The highest BCUT2D eigenvalue weighted by Gasteiger charge is 2.31. The number of ether oxygens (including phenoxy) is 2. The van der Waals surface area contributed by atoms with Gasteiger partial charge in [0.2, 0.25) is 0 Å². The van der Waals surface area contributed by atoms with Crippen molar-refractivity contribution in [2.75, 3.05) is 38.3 Å². The minimum Gasteiger partial charge on any atom is -0.495 e. The molecule has 1 aromatic heterocycles. The second-order valence-electron chi connectivity index (χ2n) is 5.87. The zero-order chi connectivity index (χ0) is 20.9. The lowest BCUT2D eigenvalue weighted by Crippen LogP contribution is -2.36. The van der Waals surface area contributed by atoms with Gasteiger partial charge in [0.05, 0.1) is 7.11 Å². The highest BCUT2D eigenvalue weighted by Crippen LogP contribution is 2.29. The molecule has 0 saturated heterocycles. The Balaban J connectivity index is 2.49. The number of amides is 1. The van der Waals surface area contributed by atoms with Crippen LogP contribution in [0.5, 0.6) is 5.75 Å². The predicted octanol–water partition coefficient (Wildman–Crippen LogP) is 1.70. The van der Waals surface area contributed by atoms with E-state index in [9.17, 15) is 13.2 Å². The van der Waals surface area contributed by atoms with Crippen molar-refractivity contribution in [2.45, 2.75) is 25.7 Å². The van der Waals surface area contributed by atoms with Gasteiger partial charge in [0, 0.05) is 20.2 Å². The largest absolute Gasteiger partial charge is 0.495 e. The van der Waals surface area contributed by atoms with Crippen molar-refractivity contribution < 1.29 is 22.7 Å². The van der Waals surface area contributed by atoms with Crippen molar-refractivity contribution >= 4 is 22.0 Å². The van der Waals surface area contributed by atoms with Crippen LogP contribution >= 0.6 is 0 Å². The van der Waals surface area contributed by atoms with Crippen molar-refractivity contribution in [3.05, 3.63) is 30.1 Å². The number of aromatic nitrogens is 3. The van der Waals surface area contributed by atoms with Gasteiger partial charge in [-0.15, -0.1) is 5.10 Å². The van der Waals surface area contributed by atoms with E-state index in [1.54, 1.807) is 19.1 Å². The topological polar surface area (TPSA) is 107 Å². The van der Waals surface area contributed by atoms with Gasteiger partial charge < -0.3 is 14.4 Å². The summed E-state index contributed by atoms with van der Waals surface area (Å²) in [5.74, 6) is 0.0104. The number of methoxy groups -OCH3 is 2. The van der Waals surface area contributed by atoms with Crippen LogP contribution in [0.4, 0.5) is 10.7 Å². The Morgan fingerprint density at radius 1 is 1.21 bits per heavy atom. The highest BCUT2D eigenvalue weighted by atomic mass is 32.2. The number of sulfonamides is 1. The van der Waals surface area contributed by atoms with Gasteiger partial charge in [0.1, 0.15) is 23.7 Å². The van der Waals surface area contributed by atoms with Gasteiger partial charge in [0.15, 0.2) is 0 Å². The number of benzene rings is 1. The minimum absolute atomic E-state index is 0.0431. The Labute approximate surface area is 164 Å². The molecule has 0 N–H and O–H groups in total. The maximum atomic E-state index is 13.3. The van der Waals surface area contributed by atoms with E-state index >= 15 is 0 Å². The molecule has 0 aliphatic heterocycles. The number of rotatable bonds is 8.